The van der Waals surface area contributed by atoms with Gasteiger partial charge in [-0.2, -0.15) is 0 Å². The van der Waals surface area contributed by atoms with Crippen molar-refractivity contribution in [1.29, 1.82) is 0 Å². The van der Waals surface area contributed by atoms with Crippen LogP contribution in [0.4, 0.5) is 0 Å². The number of ether oxygens (including phenoxy) is 1. The molecule has 1 fully saturated rings. The van der Waals surface area contributed by atoms with Gasteiger partial charge < -0.3 is 15.0 Å². The van der Waals surface area contributed by atoms with E-state index < -0.39 is 0 Å². The lowest BCUT2D eigenvalue weighted by Crippen LogP contribution is -2.31. The van der Waals surface area contributed by atoms with Crippen LogP contribution in [-0.2, 0) is 6.42 Å². The Morgan fingerprint density at radius 2 is 2.11 bits per heavy atom. The van der Waals surface area contributed by atoms with E-state index in [1.54, 1.807) is 7.11 Å². The normalized spacial score (nSPS) is 14.9. The van der Waals surface area contributed by atoms with E-state index in [-0.39, 0.29) is 0 Å². The van der Waals surface area contributed by atoms with Crippen molar-refractivity contribution in [2.75, 3.05) is 33.8 Å². The van der Waals surface area contributed by atoms with Crippen molar-refractivity contribution < 1.29 is 4.74 Å². The van der Waals surface area contributed by atoms with Crippen LogP contribution >= 0.6 is 0 Å². The van der Waals surface area contributed by atoms with Gasteiger partial charge in [0.2, 0.25) is 0 Å². The van der Waals surface area contributed by atoms with E-state index in [0.29, 0.717) is 0 Å². The number of nitrogens with one attached hydrogen (secondary N) is 1. The molecule has 0 saturated heterocycles. The molecule has 0 bridgehead atoms. The van der Waals surface area contributed by atoms with Gasteiger partial charge in [0.25, 0.3) is 0 Å². The van der Waals surface area contributed by atoms with E-state index in [9.17, 15) is 0 Å². The summed E-state index contributed by atoms with van der Waals surface area (Å²) in [4.78, 5) is 2.39. The summed E-state index contributed by atoms with van der Waals surface area (Å²) in [7, 11) is 3.94. The average molecular weight is 262 g/mol. The minimum atomic E-state index is 0.810. The fraction of sp³-hybridized carbons (Fsp3) is 0.625. The van der Waals surface area contributed by atoms with Gasteiger partial charge in [-0.15, -0.1) is 0 Å². The molecule has 1 aliphatic rings. The summed E-state index contributed by atoms with van der Waals surface area (Å²) in [5, 5.41) is 3.55. The highest BCUT2D eigenvalue weighted by molar-refractivity contribution is 5.37. The van der Waals surface area contributed by atoms with Crippen LogP contribution in [0.2, 0.25) is 0 Å². The highest BCUT2D eigenvalue weighted by atomic mass is 16.5. The molecule has 1 aromatic rings. The summed E-state index contributed by atoms with van der Waals surface area (Å²) in [6.45, 7) is 5.43. The summed E-state index contributed by atoms with van der Waals surface area (Å²) in [6, 6.07) is 7.21. The molecule has 3 heteroatoms. The molecule has 1 N–H and O–H groups in total. The third-order valence-electron chi connectivity index (χ3n) is 3.70. The Morgan fingerprint density at radius 1 is 1.32 bits per heavy atom. The Morgan fingerprint density at radius 3 is 2.79 bits per heavy atom. The third kappa shape index (κ3) is 4.84. The quantitative estimate of drug-likeness (QED) is 0.777. The number of hydrogen-bond acceptors (Lipinski definition) is 3. The lowest BCUT2D eigenvalue weighted by Gasteiger charge is -2.18. The van der Waals surface area contributed by atoms with Crippen LogP contribution in [0.15, 0.2) is 18.2 Å². The number of benzene rings is 1. The van der Waals surface area contributed by atoms with Gasteiger partial charge in [0.1, 0.15) is 5.75 Å². The third-order valence-corrected chi connectivity index (χ3v) is 3.70. The van der Waals surface area contributed by atoms with Crippen molar-refractivity contribution in [2.45, 2.75) is 32.2 Å². The topological polar surface area (TPSA) is 24.5 Å². The molecule has 1 saturated carbocycles. The predicted molar refractivity (Wildman–Crippen MR) is 80.0 cm³/mol. The zero-order valence-electron chi connectivity index (χ0n) is 12.4. The molecule has 19 heavy (non-hydrogen) atoms. The Kier molecular flexibility index (Phi) is 5.23. The summed E-state index contributed by atoms with van der Waals surface area (Å²) in [5.41, 5.74) is 2.61. The van der Waals surface area contributed by atoms with E-state index >= 15 is 0 Å². The van der Waals surface area contributed by atoms with Gasteiger partial charge in [-0.25, -0.2) is 0 Å². The van der Waals surface area contributed by atoms with Crippen molar-refractivity contribution in [3.8, 4) is 5.75 Å². The second-order valence-electron chi connectivity index (χ2n) is 5.60. The summed E-state index contributed by atoms with van der Waals surface area (Å²) < 4.78 is 5.42. The molecule has 0 aromatic heterocycles. The van der Waals surface area contributed by atoms with Gasteiger partial charge in [0.05, 0.1) is 7.11 Å². The van der Waals surface area contributed by atoms with Crippen LogP contribution in [0.1, 0.15) is 24.0 Å². The largest absolute Gasteiger partial charge is 0.496 e. The van der Waals surface area contributed by atoms with Crippen molar-refractivity contribution in [3.63, 3.8) is 0 Å². The second-order valence-corrected chi connectivity index (χ2v) is 5.60. The maximum atomic E-state index is 5.42. The van der Waals surface area contributed by atoms with Gasteiger partial charge in [-0.1, -0.05) is 17.7 Å². The van der Waals surface area contributed by atoms with Crippen LogP contribution in [0.3, 0.4) is 0 Å². The number of methoxy groups -OCH3 is 1. The van der Waals surface area contributed by atoms with E-state index in [1.807, 2.05) is 0 Å². The molecule has 0 radical (unpaired) electrons. The smallest absolute Gasteiger partial charge is 0.122 e. The van der Waals surface area contributed by atoms with E-state index in [2.05, 4.69) is 42.4 Å². The van der Waals surface area contributed by atoms with Gasteiger partial charge >= 0.3 is 0 Å². The number of rotatable bonds is 8. The van der Waals surface area contributed by atoms with Gasteiger partial charge in [-0.3, -0.25) is 0 Å². The molecule has 0 amide bonds. The zero-order valence-corrected chi connectivity index (χ0v) is 12.4. The molecule has 0 atom stereocenters. The fourth-order valence-corrected chi connectivity index (χ4v) is 2.27. The molecule has 2 rings (SSSR count). The van der Waals surface area contributed by atoms with Gasteiger partial charge in [0, 0.05) is 25.7 Å². The number of hydrogen-bond donors (Lipinski definition) is 1. The lowest BCUT2D eigenvalue weighted by atomic mass is 10.1. The highest BCUT2D eigenvalue weighted by Gasteiger charge is 2.19. The number of aryl methyl sites for hydroxylation is 1. The van der Waals surface area contributed by atoms with Gasteiger partial charge in [0.15, 0.2) is 0 Å². The SMILES string of the molecule is COc1ccc(C)cc1CCN(C)CCNC1CC1. The Balaban J connectivity index is 1.75. The van der Waals surface area contributed by atoms with Crippen molar-refractivity contribution in [2.24, 2.45) is 0 Å². The van der Waals surface area contributed by atoms with E-state index in [4.69, 9.17) is 4.74 Å². The van der Waals surface area contributed by atoms with Crippen LogP contribution < -0.4 is 10.1 Å². The first-order valence-electron chi connectivity index (χ1n) is 7.24. The molecule has 0 unspecified atom stereocenters. The Hall–Kier alpha value is -1.06. The zero-order chi connectivity index (χ0) is 13.7. The molecule has 0 aliphatic heterocycles. The van der Waals surface area contributed by atoms with Crippen molar-refractivity contribution in [1.82, 2.24) is 10.2 Å². The fourth-order valence-electron chi connectivity index (χ4n) is 2.27. The second kappa shape index (κ2) is 6.92. The minimum absolute atomic E-state index is 0.810. The first kappa shape index (κ1) is 14.4. The van der Waals surface area contributed by atoms with Crippen molar-refractivity contribution in [3.05, 3.63) is 29.3 Å². The summed E-state index contributed by atoms with van der Waals surface area (Å²) in [5.74, 6) is 1.01. The maximum absolute atomic E-state index is 5.42. The molecule has 1 aliphatic carbocycles. The first-order valence-corrected chi connectivity index (χ1v) is 7.24. The predicted octanol–water partition coefficient (Wildman–Crippen LogP) is 2.23. The van der Waals surface area contributed by atoms with E-state index in [0.717, 1.165) is 37.8 Å². The molecule has 3 nitrogen and oxygen atoms in total. The average Bonchev–Trinajstić information content (AvgIpc) is 3.20. The minimum Gasteiger partial charge on any atom is -0.496 e. The summed E-state index contributed by atoms with van der Waals surface area (Å²) >= 11 is 0. The Bertz CT molecular complexity index is 402. The van der Waals surface area contributed by atoms with Crippen molar-refractivity contribution >= 4 is 0 Å². The molecule has 106 valence electrons. The van der Waals surface area contributed by atoms with E-state index in [1.165, 1.54) is 24.0 Å². The molecular formula is C16H26N2O. The number of likely N-dealkylation sites (N-methyl/N-ethyl adjacent to an activating group) is 1. The highest BCUT2D eigenvalue weighted by Crippen LogP contribution is 2.20. The molecule has 0 heterocycles. The van der Waals surface area contributed by atoms with Crippen LogP contribution in [0, 0.1) is 6.92 Å². The maximum Gasteiger partial charge on any atom is 0.122 e. The van der Waals surface area contributed by atoms with Crippen LogP contribution in [-0.4, -0.2) is 44.7 Å². The Labute approximate surface area is 116 Å². The monoisotopic (exact) mass is 262 g/mol. The number of nitrogens with zero attached hydrogens (tertiary/aromatic N) is 1. The summed E-state index contributed by atoms with van der Waals surface area (Å²) in [6.07, 6.45) is 3.78. The molecule has 1 aromatic carbocycles. The van der Waals surface area contributed by atoms with Crippen LogP contribution in [0.5, 0.6) is 5.75 Å². The molecular weight excluding hydrogens is 236 g/mol. The van der Waals surface area contributed by atoms with Crippen LogP contribution in [0.25, 0.3) is 0 Å². The standard InChI is InChI=1S/C16H26N2O/c1-13-4-7-16(19-3)14(12-13)8-10-18(2)11-9-17-15-5-6-15/h4,7,12,15,17H,5-6,8-11H2,1-3H3. The van der Waals surface area contributed by atoms with Gasteiger partial charge in [-0.05, 0) is 44.9 Å². The first-order chi connectivity index (χ1) is 9.19. The molecule has 0 spiro atoms. The lowest BCUT2D eigenvalue weighted by molar-refractivity contribution is 0.332.